The predicted octanol–water partition coefficient (Wildman–Crippen LogP) is 2.15. The van der Waals surface area contributed by atoms with Gasteiger partial charge in [-0.3, -0.25) is 14.8 Å². The fourth-order valence-corrected chi connectivity index (χ4v) is 3.12. The van der Waals surface area contributed by atoms with E-state index in [0.29, 0.717) is 17.6 Å². The van der Waals surface area contributed by atoms with Gasteiger partial charge >= 0.3 is 0 Å². The first-order valence-corrected chi connectivity index (χ1v) is 7.63. The molecule has 21 heavy (non-hydrogen) atoms. The number of fused-ring (bicyclic) bond motifs is 1. The largest absolute Gasteiger partial charge is 0.328 e. The molecule has 1 saturated carbocycles. The summed E-state index contributed by atoms with van der Waals surface area (Å²) < 4.78 is 1.85. The van der Waals surface area contributed by atoms with Gasteiger partial charge in [0.25, 0.3) is 5.91 Å². The number of aromatic amines is 1. The van der Waals surface area contributed by atoms with Crippen molar-refractivity contribution in [2.24, 2.45) is 7.05 Å². The fourth-order valence-electron chi connectivity index (χ4n) is 3.12. The molecule has 2 N–H and O–H groups in total. The van der Waals surface area contributed by atoms with Crippen LogP contribution >= 0.6 is 0 Å². The summed E-state index contributed by atoms with van der Waals surface area (Å²) in [6.45, 7) is 0. The number of rotatable bonds is 3. The Labute approximate surface area is 123 Å². The molecule has 4 rings (SSSR count). The van der Waals surface area contributed by atoms with Crippen LogP contribution in [0.15, 0.2) is 6.20 Å². The van der Waals surface area contributed by atoms with Crippen molar-refractivity contribution in [1.82, 2.24) is 19.7 Å². The smallest absolute Gasteiger partial charge is 0.278 e. The zero-order valence-electron chi connectivity index (χ0n) is 12.1. The first kappa shape index (κ1) is 12.6. The second kappa shape index (κ2) is 4.72. The van der Waals surface area contributed by atoms with Crippen LogP contribution in [0.2, 0.25) is 0 Å². The quantitative estimate of drug-likeness (QED) is 0.907. The summed E-state index contributed by atoms with van der Waals surface area (Å²) in [6.07, 6.45) is 8.51. The van der Waals surface area contributed by atoms with Crippen LogP contribution < -0.4 is 5.32 Å². The minimum absolute atomic E-state index is 0.162. The Bertz CT molecular complexity index is 695. The number of hydrogen-bond donors (Lipinski definition) is 2. The number of hydrogen-bond acceptors (Lipinski definition) is 3. The molecule has 0 atom stereocenters. The second-order valence-corrected chi connectivity index (χ2v) is 6.02. The summed E-state index contributed by atoms with van der Waals surface area (Å²) in [5, 5.41) is 7.25. The highest BCUT2D eigenvalue weighted by atomic mass is 16.2. The van der Waals surface area contributed by atoms with Gasteiger partial charge < -0.3 is 4.98 Å². The van der Waals surface area contributed by atoms with Gasteiger partial charge in [-0.15, -0.1) is 0 Å². The van der Waals surface area contributed by atoms with Crippen LogP contribution in [0.4, 0.5) is 5.95 Å². The van der Waals surface area contributed by atoms with E-state index in [9.17, 15) is 4.79 Å². The van der Waals surface area contributed by atoms with Crippen molar-refractivity contribution in [2.45, 2.75) is 44.4 Å². The third-order valence-electron chi connectivity index (χ3n) is 4.42. The topological polar surface area (TPSA) is 75.6 Å². The van der Waals surface area contributed by atoms with Crippen molar-refractivity contribution in [3.05, 3.63) is 28.8 Å². The maximum atomic E-state index is 12.4. The molecule has 1 fully saturated rings. The van der Waals surface area contributed by atoms with Gasteiger partial charge in [-0.05, 0) is 38.5 Å². The van der Waals surface area contributed by atoms with E-state index in [4.69, 9.17) is 0 Å². The summed E-state index contributed by atoms with van der Waals surface area (Å²) in [7, 11) is 1.92. The summed E-state index contributed by atoms with van der Waals surface area (Å²) in [4.78, 5) is 19.9. The molecule has 2 aliphatic rings. The monoisotopic (exact) mass is 285 g/mol. The minimum atomic E-state index is -0.162. The van der Waals surface area contributed by atoms with Crippen molar-refractivity contribution in [3.63, 3.8) is 0 Å². The van der Waals surface area contributed by atoms with Crippen LogP contribution in [0.25, 0.3) is 0 Å². The highest BCUT2D eigenvalue weighted by molar-refractivity contribution is 6.03. The van der Waals surface area contributed by atoms with E-state index in [-0.39, 0.29) is 5.91 Å². The maximum Gasteiger partial charge on any atom is 0.278 e. The predicted molar refractivity (Wildman–Crippen MR) is 78.4 cm³/mol. The van der Waals surface area contributed by atoms with E-state index in [2.05, 4.69) is 20.4 Å². The molecule has 2 aromatic heterocycles. The van der Waals surface area contributed by atoms with Crippen LogP contribution in [0.5, 0.6) is 0 Å². The minimum Gasteiger partial charge on any atom is -0.328 e. The van der Waals surface area contributed by atoms with E-state index >= 15 is 0 Å². The van der Waals surface area contributed by atoms with Crippen LogP contribution in [0.1, 0.15) is 59.0 Å². The standard InChI is InChI=1S/C15H19N5O/c1-20-12-5-3-2-4-10(12)13(19-20)14(21)18-15-16-8-11(17-15)9-6-7-9/h8-9H,2-7H2,1H3,(H2,16,17,18,21). The number of aromatic nitrogens is 4. The van der Waals surface area contributed by atoms with Gasteiger partial charge in [0, 0.05) is 29.9 Å². The molecule has 0 unspecified atom stereocenters. The summed E-state index contributed by atoms with van der Waals surface area (Å²) >= 11 is 0. The van der Waals surface area contributed by atoms with Crippen molar-refractivity contribution in [1.29, 1.82) is 0 Å². The highest BCUT2D eigenvalue weighted by Crippen LogP contribution is 2.39. The summed E-state index contributed by atoms with van der Waals surface area (Å²) in [5.74, 6) is 0.966. The Balaban J connectivity index is 1.56. The second-order valence-electron chi connectivity index (χ2n) is 6.02. The van der Waals surface area contributed by atoms with Gasteiger partial charge in [-0.1, -0.05) is 0 Å². The highest BCUT2D eigenvalue weighted by Gasteiger charge is 2.27. The number of H-pyrrole nitrogens is 1. The Kier molecular flexibility index (Phi) is 2.83. The number of nitrogens with zero attached hydrogens (tertiary/aromatic N) is 3. The first-order valence-electron chi connectivity index (χ1n) is 7.63. The van der Waals surface area contributed by atoms with Gasteiger partial charge in [-0.25, -0.2) is 4.98 Å². The molecule has 0 aromatic carbocycles. The van der Waals surface area contributed by atoms with E-state index in [1.165, 1.54) is 25.0 Å². The van der Waals surface area contributed by atoms with Crippen molar-refractivity contribution in [2.75, 3.05) is 5.32 Å². The zero-order valence-corrected chi connectivity index (χ0v) is 12.1. The van der Waals surface area contributed by atoms with Crippen LogP contribution in [-0.4, -0.2) is 25.7 Å². The first-order chi connectivity index (χ1) is 10.2. The molecule has 0 aliphatic heterocycles. The average Bonchev–Trinajstić information content (AvgIpc) is 3.15. The van der Waals surface area contributed by atoms with Crippen molar-refractivity contribution < 1.29 is 4.79 Å². The van der Waals surface area contributed by atoms with Crippen molar-refractivity contribution >= 4 is 11.9 Å². The molecule has 0 saturated heterocycles. The van der Waals surface area contributed by atoms with Gasteiger partial charge in [0.15, 0.2) is 5.69 Å². The molecule has 6 nitrogen and oxygen atoms in total. The number of nitrogens with one attached hydrogen (secondary N) is 2. The molecule has 0 bridgehead atoms. The van der Waals surface area contributed by atoms with Gasteiger partial charge in [0.1, 0.15) is 0 Å². The maximum absolute atomic E-state index is 12.4. The van der Waals surface area contributed by atoms with Gasteiger partial charge in [-0.2, -0.15) is 5.10 Å². The number of carbonyl (C=O) groups is 1. The van der Waals surface area contributed by atoms with Crippen LogP contribution in [0.3, 0.4) is 0 Å². The fraction of sp³-hybridized carbons (Fsp3) is 0.533. The third-order valence-corrected chi connectivity index (χ3v) is 4.42. The van der Waals surface area contributed by atoms with Gasteiger partial charge in [0.2, 0.25) is 5.95 Å². The van der Waals surface area contributed by atoms with E-state index < -0.39 is 0 Å². The molecule has 0 spiro atoms. The lowest BCUT2D eigenvalue weighted by Gasteiger charge is -2.12. The Morgan fingerprint density at radius 1 is 1.38 bits per heavy atom. The SMILES string of the molecule is Cn1nc(C(=O)Nc2ncc(C3CC3)[nH]2)c2c1CCCC2. The zero-order chi connectivity index (χ0) is 14.4. The van der Waals surface area contributed by atoms with Crippen LogP contribution in [0, 0.1) is 0 Å². The lowest BCUT2D eigenvalue weighted by atomic mass is 9.95. The van der Waals surface area contributed by atoms with E-state index in [1.807, 2.05) is 17.9 Å². The molecule has 110 valence electrons. The Morgan fingerprint density at radius 3 is 3.00 bits per heavy atom. The molecule has 6 heteroatoms. The molecular weight excluding hydrogens is 266 g/mol. The normalized spacial score (nSPS) is 17.6. The van der Waals surface area contributed by atoms with E-state index in [0.717, 1.165) is 30.5 Å². The molecule has 1 amide bonds. The molecular formula is C15H19N5O. The molecule has 2 heterocycles. The molecule has 2 aromatic rings. The Hall–Kier alpha value is -2.11. The lowest BCUT2D eigenvalue weighted by Crippen LogP contribution is -2.16. The number of anilines is 1. The number of carbonyl (C=O) groups excluding carboxylic acids is 1. The summed E-state index contributed by atoms with van der Waals surface area (Å²) in [5.41, 5.74) is 3.98. The van der Waals surface area contributed by atoms with E-state index in [1.54, 1.807) is 0 Å². The number of amides is 1. The molecule has 2 aliphatic carbocycles. The van der Waals surface area contributed by atoms with Crippen molar-refractivity contribution in [3.8, 4) is 0 Å². The number of imidazole rings is 1. The third kappa shape index (κ3) is 2.24. The molecule has 0 radical (unpaired) electrons. The lowest BCUT2D eigenvalue weighted by molar-refractivity contribution is 0.102. The van der Waals surface area contributed by atoms with Crippen LogP contribution in [-0.2, 0) is 19.9 Å². The summed E-state index contributed by atoms with van der Waals surface area (Å²) in [6, 6.07) is 0. The Morgan fingerprint density at radius 2 is 2.19 bits per heavy atom. The average molecular weight is 285 g/mol. The number of aryl methyl sites for hydroxylation is 1. The van der Waals surface area contributed by atoms with Gasteiger partial charge in [0.05, 0.1) is 6.20 Å².